The number of nitrogens with one attached hydrogen (secondary N) is 2. The molecule has 5 nitrogen and oxygen atoms in total. The first-order chi connectivity index (χ1) is 8.81. The highest BCUT2D eigenvalue weighted by molar-refractivity contribution is 5.81. The number of hydrogen-bond donors (Lipinski definition) is 3. The van der Waals surface area contributed by atoms with Crippen LogP contribution in [-0.2, 0) is 16.1 Å². The van der Waals surface area contributed by atoms with Gasteiger partial charge in [-0.15, -0.1) is 0 Å². The Morgan fingerprint density at radius 1 is 1.26 bits per heavy atom. The van der Waals surface area contributed by atoms with E-state index in [1.54, 1.807) is 12.1 Å². The van der Waals surface area contributed by atoms with Crippen LogP contribution in [0.15, 0.2) is 24.3 Å². The third kappa shape index (κ3) is 5.05. The van der Waals surface area contributed by atoms with E-state index in [0.29, 0.717) is 0 Å². The van der Waals surface area contributed by atoms with Crippen LogP contribution in [0.5, 0.6) is 0 Å². The molecule has 0 aliphatic rings. The second kappa shape index (κ2) is 6.29. The zero-order valence-electron chi connectivity index (χ0n) is 10.9. The number of carbonyl (C=O) groups excluding carboxylic acids is 1. The van der Waals surface area contributed by atoms with Crippen molar-refractivity contribution in [2.24, 2.45) is 0 Å². The Hall–Kier alpha value is -1.95. The molecule has 0 fully saturated rings. The molecule has 0 saturated heterocycles. The van der Waals surface area contributed by atoms with E-state index in [9.17, 15) is 14.0 Å². The van der Waals surface area contributed by atoms with Crippen molar-refractivity contribution >= 4 is 11.9 Å². The first kappa shape index (κ1) is 15.1. The van der Waals surface area contributed by atoms with E-state index < -0.39 is 11.5 Å². The van der Waals surface area contributed by atoms with Gasteiger partial charge in [0, 0.05) is 6.54 Å². The largest absolute Gasteiger partial charge is 0.480 e. The molecule has 104 valence electrons. The maximum Gasteiger partial charge on any atom is 0.323 e. The van der Waals surface area contributed by atoms with Crippen molar-refractivity contribution in [1.82, 2.24) is 10.6 Å². The number of rotatable bonds is 6. The summed E-state index contributed by atoms with van der Waals surface area (Å²) in [5.41, 5.74) is -0.389. The minimum Gasteiger partial charge on any atom is -0.480 e. The second-order valence-corrected chi connectivity index (χ2v) is 4.69. The normalized spacial score (nSPS) is 11.1. The van der Waals surface area contributed by atoms with Crippen LogP contribution in [0, 0.1) is 5.82 Å². The smallest absolute Gasteiger partial charge is 0.323 e. The second-order valence-electron chi connectivity index (χ2n) is 4.69. The fourth-order valence-electron chi connectivity index (χ4n) is 1.24. The van der Waals surface area contributed by atoms with Crippen molar-refractivity contribution in [2.45, 2.75) is 25.9 Å². The van der Waals surface area contributed by atoms with Crippen LogP contribution in [0.1, 0.15) is 19.4 Å². The van der Waals surface area contributed by atoms with Gasteiger partial charge in [0.05, 0.1) is 6.54 Å². The van der Waals surface area contributed by atoms with Gasteiger partial charge in [-0.05, 0) is 31.5 Å². The van der Waals surface area contributed by atoms with Gasteiger partial charge in [-0.2, -0.15) is 0 Å². The van der Waals surface area contributed by atoms with E-state index in [1.807, 2.05) is 0 Å². The lowest BCUT2D eigenvalue weighted by Gasteiger charge is -2.20. The number of aliphatic carboxylic acids is 1. The van der Waals surface area contributed by atoms with Crippen LogP contribution in [0.4, 0.5) is 4.39 Å². The summed E-state index contributed by atoms with van der Waals surface area (Å²) in [5.74, 6) is -1.68. The Morgan fingerprint density at radius 3 is 2.37 bits per heavy atom. The topological polar surface area (TPSA) is 78.4 Å². The Balaban J connectivity index is 2.36. The fraction of sp³-hybridized carbons (Fsp3) is 0.385. The number of benzene rings is 1. The molecule has 0 atom stereocenters. The molecular formula is C13H17FN2O3. The molecule has 1 aromatic carbocycles. The third-order valence-electron chi connectivity index (χ3n) is 2.63. The molecule has 0 radical (unpaired) electrons. The number of carbonyl (C=O) groups is 2. The third-order valence-corrected chi connectivity index (χ3v) is 2.63. The minimum absolute atomic E-state index is 0.0967. The summed E-state index contributed by atoms with van der Waals surface area (Å²) in [6.07, 6.45) is 0. The van der Waals surface area contributed by atoms with Gasteiger partial charge >= 0.3 is 5.97 Å². The summed E-state index contributed by atoms with van der Waals surface area (Å²) in [5, 5.41) is 14.1. The Labute approximate surface area is 110 Å². The molecular weight excluding hydrogens is 251 g/mol. The lowest BCUT2D eigenvalue weighted by molar-refractivity contribution is -0.143. The molecule has 0 bridgehead atoms. The molecule has 0 aliphatic carbocycles. The lowest BCUT2D eigenvalue weighted by Crippen LogP contribution is -2.50. The lowest BCUT2D eigenvalue weighted by atomic mass is 10.1. The quantitative estimate of drug-likeness (QED) is 0.716. The van der Waals surface area contributed by atoms with Gasteiger partial charge < -0.3 is 10.4 Å². The molecule has 6 heteroatoms. The minimum atomic E-state index is -1.16. The average molecular weight is 268 g/mol. The highest BCUT2D eigenvalue weighted by Crippen LogP contribution is 2.02. The van der Waals surface area contributed by atoms with Gasteiger partial charge in [0.2, 0.25) is 5.91 Å². The highest BCUT2D eigenvalue weighted by atomic mass is 19.1. The molecule has 0 saturated carbocycles. The molecule has 0 aromatic heterocycles. The Morgan fingerprint density at radius 2 is 1.84 bits per heavy atom. The van der Waals surface area contributed by atoms with Gasteiger partial charge in [0.25, 0.3) is 0 Å². The van der Waals surface area contributed by atoms with Gasteiger partial charge in [0.1, 0.15) is 11.4 Å². The first-order valence-electron chi connectivity index (χ1n) is 5.81. The van der Waals surface area contributed by atoms with Crippen molar-refractivity contribution in [2.75, 3.05) is 6.54 Å². The van der Waals surface area contributed by atoms with Gasteiger partial charge in [-0.25, -0.2) is 4.39 Å². The highest BCUT2D eigenvalue weighted by Gasteiger charge is 2.26. The molecule has 0 aliphatic heterocycles. The van der Waals surface area contributed by atoms with Crippen molar-refractivity contribution in [3.63, 3.8) is 0 Å². The summed E-state index contributed by atoms with van der Waals surface area (Å²) in [4.78, 5) is 22.3. The number of halogens is 1. The number of carboxylic acid groups (broad SMARTS) is 1. The number of amides is 1. The maximum atomic E-state index is 12.7. The van der Waals surface area contributed by atoms with Crippen LogP contribution in [-0.4, -0.2) is 29.1 Å². The molecule has 0 spiro atoms. The molecule has 0 unspecified atom stereocenters. The summed E-state index contributed by atoms with van der Waals surface area (Å²) in [7, 11) is 0. The van der Waals surface area contributed by atoms with Crippen LogP contribution in [0.3, 0.4) is 0 Å². The molecule has 3 N–H and O–H groups in total. The average Bonchev–Trinajstić information content (AvgIpc) is 2.35. The SMILES string of the molecule is CC(C)(NCC(=O)NCc1ccc(F)cc1)C(=O)O. The monoisotopic (exact) mass is 268 g/mol. The molecule has 0 heterocycles. The standard InChI is InChI=1S/C13H17FN2O3/c1-13(2,12(18)19)16-8-11(17)15-7-9-3-5-10(14)6-4-9/h3-6,16H,7-8H2,1-2H3,(H,15,17)(H,18,19). The first-order valence-corrected chi connectivity index (χ1v) is 5.81. The number of carboxylic acids is 1. The predicted molar refractivity (Wildman–Crippen MR) is 68.0 cm³/mol. The van der Waals surface area contributed by atoms with E-state index >= 15 is 0 Å². The van der Waals surface area contributed by atoms with E-state index in [0.717, 1.165) is 5.56 Å². The van der Waals surface area contributed by atoms with Crippen LogP contribution >= 0.6 is 0 Å². The molecule has 1 rings (SSSR count). The van der Waals surface area contributed by atoms with Crippen LogP contribution < -0.4 is 10.6 Å². The summed E-state index contributed by atoms with van der Waals surface area (Å²) >= 11 is 0. The van der Waals surface area contributed by atoms with Crippen molar-refractivity contribution < 1.29 is 19.1 Å². The molecule has 19 heavy (non-hydrogen) atoms. The van der Waals surface area contributed by atoms with E-state index in [-0.39, 0.29) is 24.8 Å². The van der Waals surface area contributed by atoms with Gasteiger partial charge in [-0.3, -0.25) is 14.9 Å². The van der Waals surface area contributed by atoms with Gasteiger partial charge in [-0.1, -0.05) is 12.1 Å². The van der Waals surface area contributed by atoms with Crippen molar-refractivity contribution in [3.8, 4) is 0 Å². The van der Waals surface area contributed by atoms with Gasteiger partial charge in [0.15, 0.2) is 0 Å². The van der Waals surface area contributed by atoms with E-state index in [4.69, 9.17) is 5.11 Å². The fourth-order valence-corrected chi connectivity index (χ4v) is 1.24. The van der Waals surface area contributed by atoms with Crippen molar-refractivity contribution in [1.29, 1.82) is 0 Å². The van der Waals surface area contributed by atoms with Crippen LogP contribution in [0.25, 0.3) is 0 Å². The predicted octanol–water partition coefficient (Wildman–Crippen LogP) is 0.895. The van der Waals surface area contributed by atoms with Crippen molar-refractivity contribution in [3.05, 3.63) is 35.6 Å². The number of hydrogen-bond acceptors (Lipinski definition) is 3. The Kier molecular flexibility index (Phi) is 5.00. The van der Waals surface area contributed by atoms with E-state index in [2.05, 4.69) is 10.6 Å². The zero-order chi connectivity index (χ0) is 14.5. The summed E-state index contributed by atoms with van der Waals surface area (Å²) in [6, 6.07) is 5.77. The van der Waals surface area contributed by atoms with E-state index in [1.165, 1.54) is 26.0 Å². The summed E-state index contributed by atoms with van der Waals surface area (Å²) < 4.78 is 12.7. The Bertz CT molecular complexity index is 457. The maximum absolute atomic E-state index is 12.7. The molecule has 1 amide bonds. The van der Waals surface area contributed by atoms with Crippen LogP contribution in [0.2, 0.25) is 0 Å². The summed E-state index contributed by atoms with van der Waals surface area (Å²) in [6.45, 7) is 3.12. The molecule has 1 aromatic rings. The zero-order valence-corrected chi connectivity index (χ0v) is 10.9.